The fourth-order valence-electron chi connectivity index (χ4n) is 1.81. The van der Waals surface area contributed by atoms with E-state index in [-0.39, 0.29) is 12.3 Å². The first-order chi connectivity index (χ1) is 9.92. The molecule has 1 unspecified atom stereocenters. The second-order valence-corrected chi connectivity index (χ2v) is 5.01. The van der Waals surface area contributed by atoms with E-state index in [0.717, 1.165) is 0 Å². The second kappa shape index (κ2) is 8.14. The van der Waals surface area contributed by atoms with Crippen LogP contribution < -0.4 is 15.4 Å². The third-order valence-corrected chi connectivity index (χ3v) is 2.92. The van der Waals surface area contributed by atoms with Gasteiger partial charge in [-0.15, -0.1) is 0 Å². The van der Waals surface area contributed by atoms with E-state index in [9.17, 15) is 9.59 Å². The zero-order chi connectivity index (χ0) is 15.8. The van der Waals surface area contributed by atoms with Crippen LogP contribution >= 0.6 is 0 Å². The van der Waals surface area contributed by atoms with Gasteiger partial charge in [0.2, 0.25) is 0 Å². The van der Waals surface area contributed by atoms with E-state index >= 15 is 0 Å². The van der Waals surface area contributed by atoms with Gasteiger partial charge in [0.25, 0.3) is 0 Å². The lowest BCUT2D eigenvalue weighted by Gasteiger charge is -2.21. The number of carbonyl (C=O) groups excluding carboxylic acids is 1. The number of anilines is 1. The van der Waals surface area contributed by atoms with Crippen molar-refractivity contribution in [2.24, 2.45) is 5.92 Å². The summed E-state index contributed by atoms with van der Waals surface area (Å²) in [5.74, 6) is -0.241. The monoisotopic (exact) mass is 294 g/mol. The Labute approximate surface area is 124 Å². The average molecular weight is 294 g/mol. The molecule has 21 heavy (non-hydrogen) atoms. The Morgan fingerprint density at radius 2 is 2.05 bits per heavy atom. The largest absolute Gasteiger partial charge is 0.494 e. The molecule has 0 spiro atoms. The number of carboxylic acids is 1. The Bertz CT molecular complexity index is 488. The number of nitrogens with one attached hydrogen (secondary N) is 2. The number of urea groups is 1. The fourth-order valence-corrected chi connectivity index (χ4v) is 1.81. The molecule has 0 radical (unpaired) electrons. The molecule has 1 aromatic rings. The molecule has 0 saturated heterocycles. The third kappa shape index (κ3) is 6.16. The lowest BCUT2D eigenvalue weighted by Crippen LogP contribution is -2.42. The van der Waals surface area contributed by atoms with Gasteiger partial charge >= 0.3 is 12.0 Å². The van der Waals surface area contributed by atoms with E-state index in [4.69, 9.17) is 9.84 Å². The predicted molar refractivity (Wildman–Crippen MR) is 80.6 cm³/mol. The fraction of sp³-hybridized carbons (Fsp3) is 0.467. The Morgan fingerprint density at radius 1 is 1.33 bits per heavy atom. The van der Waals surface area contributed by atoms with Crippen molar-refractivity contribution >= 4 is 17.7 Å². The van der Waals surface area contributed by atoms with Crippen LogP contribution in [0.25, 0.3) is 0 Å². The second-order valence-electron chi connectivity index (χ2n) is 5.01. The lowest BCUT2D eigenvalue weighted by atomic mass is 10.0. The maximum atomic E-state index is 11.9. The van der Waals surface area contributed by atoms with Crippen LogP contribution in [0.3, 0.4) is 0 Å². The Hall–Kier alpha value is -2.24. The highest BCUT2D eigenvalue weighted by Crippen LogP contribution is 2.17. The van der Waals surface area contributed by atoms with Crippen molar-refractivity contribution in [3.63, 3.8) is 0 Å². The first kappa shape index (κ1) is 16.8. The van der Waals surface area contributed by atoms with E-state index in [0.29, 0.717) is 18.0 Å². The Balaban J connectivity index is 2.63. The molecule has 0 heterocycles. The summed E-state index contributed by atoms with van der Waals surface area (Å²) < 4.78 is 5.35. The van der Waals surface area contributed by atoms with Crippen molar-refractivity contribution < 1.29 is 19.4 Å². The topological polar surface area (TPSA) is 87.7 Å². The smallest absolute Gasteiger partial charge is 0.319 e. The SMILES string of the molecule is CCOc1cccc(NC(=O)NC(CC(=O)O)C(C)C)c1. The number of amides is 2. The first-order valence-electron chi connectivity index (χ1n) is 6.94. The molecular formula is C15H22N2O4. The van der Waals surface area contributed by atoms with Gasteiger partial charge in [-0.2, -0.15) is 0 Å². The first-order valence-corrected chi connectivity index (χ1v) is 6.94. The summed E-state index contributed by atoms with van der Waals surface area (Å²) in [6.07, 6.45) is -0.107. The van der Waals surface area contributed by atoms with Gasteiger partial charge < -0.3 is 20.5 Å². The number of hydrogen-bond donors (Lipinski definition) is 3. The summed E-state index contributed by atoms with van der Waals surface area (Å²) in [6, 6.07) is 6.18. The normalized spacial score (nSPS) is 11.8. The van der Waals surface area contributed by atoms with Crippen LogP contribution in [0.15, 0.2) is 24.3 Å². The van der Waals surface area contributed by atoms with Crippen molar-refractivity contribution in [1.29, 1.82) is 0 Å². The molecule has 0 bridgehead atoms. The number of carbonyl (C=O) groups is 2. The van der Waals surface area contributed by atoms with Gasteiger partial charge in [0.1, 0.15) is 5.75 Å². The van der Waals surface area contributed by atoms with E-state index < -0.39 is 18.0 Å². The number of rotatable bonds is 7. The van der Waals surface area contributed by atoms with Crippen LogP contribution in [0.4, 0.5) is 10.5 Å². The third-order valence-electron chi connectivity index (χ3n) is 2.92. The highest BCUT2D eigenvalue weighted by Gasteiger charge is 2.19. The predicted octanol–water partition coefficient (Wildman–Crippen LogP) is 2.71. The van der Waals surface area contributed by atoms with Crippen LogP contribution in [0.2, 0.25) is 0 Å². The van der Waals surface area contributed by atoms with Crippen LogP contribution in [-0.2, 0) is 4.79 Å². The van der Waals surface area contributed by atoms with Crippen LogP contribution in [0.1, 0.15) is 27.2 Å². The highest BCUT2D eigenvalue weighted by molar-refractivity contribution is 5.90. The maximum absolute atomic E-state index is 11.9. The number of carboxylic acid groups (broad SMARTS) is 1. The van der Waals surface area contributed by atoms with Crippen LogP contribution in [0, 0.1) is 5.92 Å². The molecule has 116 valence electrons. The van der Waals surface area contributed by atoms with Crippen molar-refractivity contribution in [3.8, 4) is 5.75 Å². The molecule has 1 aromatic carbocycles. The van der Waals surface area contributed by atoms with Gasteiger partial charge in [-0.1, -0.05) is 19.9 Å². The summed E-state index contributed by atoms with van der Waals surface area (Å²) in [7, 11) is 0. The molecule has 3 N–H and O–H groups in total. The maximum Gasteiger partial charge on any atom is 0.319 e. The summed E-state index contributed by atoms with van der Waals surface area (Å²) in [6.45, 7) is 6.16. The minimum atomic E-state index is -0.938. The number of benzene rings is 1. The lowest BCUT2D eigenvalue weighted by molar-refractivity contribution is -0.137. The van der Waals surface area contributed by atoms with E-state index in [1.165, 1.54) is 0 Å². The molecule has 1 rings (SSSR count). The van der Waals surface area contributed by atoms with Crippen LogP contribution in [0.5, 0.6) is 5.75 Å². The molecule has 0 aliphatic heterocycles. The molecular weight excluding hydrogens is 272 g/mol. The van der Waals surface area contributed by atoms with Gasteiger partial charge in [-0.3, -0.25) is 4.79 Å². The number of aliphatic carboxylic acids is 1. The van der Waals surface area contributed by atoms with Crippen molar-refractivity contribution in [1.82, 2.24) is 5.32 Å². The molecule has 0 fully saturated rings. The molecule has 0 aliphatic rings. The standard InChI is InChI=1S/C15H22N2O4/c1-4-21-12-7-5-6-11(8-12)16-15(20)17-13(10(2)3)9-14(18)19/h5-8,10,13H,4,9H2,1-3H3,(H,18,19)(H2,16,17,20). The molecule has 6 heteroatoms. The molecule has 1 atom stereocenters. The molecule has 6 nitrogen and oxygen atoms in total. The van der Waals surface area contributed by atoms with E-state index in [2.05, 4.69) is 10.6 Å². The molecule has 2 amide bonds. The van der Waals surface area contributed by atoms with Gasteiger partial charge in [0.15, 0.2) is 0 Å². The number of hydrogen-bond acceptors (Lipinski definition) is 3. The molecule has 0 saturated carbocycles. The quantitative estimate of drug-likeness (QED) is 0.721. The van der Waals surface area contributed by atoms with Crippen LogP contribution in [-0.4, -0.2) is 29.8 Å². The van der Waals surface area contributed by atoms with Crippen molar-refractivity contribution in [3.05, 3.63) is 24.3 Å². The highest BCUT2D eigenvalue weighted by atomic mass is 16.5. The summed E-state index contributed by atoms with van der Waals surface area (Å²) in [5.41, 5.74) is 0.594. The molecule has 0 aliphatic carbocycles. The minimum Gasteiger partial charge on any atom is -0.494 e. The minimum absolute atomic E-state index is 0.0293. The van der Waals surface area contributed by atoms with Gasteiger partial charge in [-0.25, -0.2) is 4.79 Å². The van der Waals surface area contributed by atoms with Gasteiger partial charge in [0.05, 0.1) is 13.0 Å². The zero-order valence-corrected chi connectivity index (χ0v) is 12.6. The van der Waals surface area contributed by atoms with Gasteiger partial charge in [-0.05, 0) is 25.0 Å². The Morgan fingerprint density at radius 3 is 2.62 bits per heavy atom. The summed E-state index contributed by atoms with van der Waals surface area (Å²) in [5, 5.41) is 14.2. The average Bonchev–Trinajstić information content (AvgIpc) is 2.38. The summed E-state index contributed by atoms with van der Waals surface area (Å²) >= 11 is 0. The molecule has 0 aromatic heterocycles. The van der Waals surface area contributed by atoms with E-state index in [1.807, 2.05) is 20.8 Å². The number of ether oxygens (including phenoxy) is 1. The Kier molecular flexibility index (Phi) is 6.52. The van der Waals surface area contributed by atoms with Crippen molar-refractivity contribution in [2.75, 3.05) is 11.9 Å². The summed E-state index contributed by atoms with van der Waals surface area (Å²) in [4.78, 5) is 22.7. The van der Waals surface area contributed by atoms with Crippen molar-refractivity contribution in [2.45, 2.75) is 33.2 Å². The van der Waals surface area contributed by atoms with E-state index in [1.54, 1.807) is 24.3 Å². The zero-order valence-electron chi connectivity index (χ0n) is 12.6. The van der Waals surface area contributed by atoms with Gasteiger partial charge in [0, 0.05) is 17.8 Å².